The second-order valence-corrected chi connectivity index (χ2v) is 6.86. The number of aliphatic hydroxyl groups is 1. The molecule has 1 saturated carbocycles. The maximum atomic E-state index is 11.2. The van der Waals surface area contributed by atoms with Gasteiger partial charge < -0.3 is 9.84 Å². The van der Waals surface area contributed by atoms with E-state index in [2.05, 4.69) is 32.0 Å². The van der Waals surface area contributed by atoms with Crippen molar-refractivity contribution >= 4 is 0 Å². The van der Waals surface area contributed by atoms with E-state index in [9.17, 15) is 5.11 Å². The lowest BCUT2D eigenvalue weighted by Crippen LogP contribution is -2.25. The molecule has 110 valence electrons. The molecule has 2 aliphatic rings. The molecule has 0 aromatic heterocycles. The smallest absolute Gasteiger partial charge is 0.128 e. The number of rotatable bonds is 2. The Morgan fingerprint density at radius 3 is 2.90 bits per heavy atom. The second kappa shape index (κ2) is 5.40. The molecule has 2 nitrogen and oxygen atoms in total. The molecule has 1 N–H and O–H groups in total. The van der Waals surface area contributed by atoms with Gasteiger partial charge in [0.05, 0.1) is 12.2 Å². The van der Waals surface area contributed by atoms with E-state index in [-0.39, 0.29) is 0 Å². The van der Waals surface area contributed by atoms with Crippen molar-refractivity contribution < 1.29 is 9.84 Å². The van der Waals surface area contributed by atoms with Crippen molar-refractivity contribution in [3.8, 4) is 5.75 Å². The summed E-state index contributed by atoms with van der Waals surface area (Å²) >= 11 is 0. The van der Waals surface area contributed by atoms with E-state index in [1.807, 2.05) is 0 Å². The Morgan fingerprint density at radius 2 is 2.10 bits per heavy atom. The topological polar surface area (TPSA) is 29.5 Å². The number of hydrogen-bond donors (Lipinski definition) is 1. The molecule has 0 saturated heterocycles. The zero-order valence-corrected chi connectivity index (χ0v) is 12.7. The molecule has 0 spiro atoms. The van der Waals surface area contributed by atoms with Crippen LogP contribution in [0, 0.1) is 11.8 Å². The summed E-state index contributed by atoms with van der Waals surface area (Å²) in [7, 11) is 0. The molecule has 0 radical (unpaired) electrons. The maximum absolute atomic E-state index is 11.2. The van der Waals surface area contributed by atoms with Gasteiger partial charge in [-0.15, -0.1) is 0 Å². The highest BCUT2D eigenvalue weighted by atomic mass is 16.5. The van der Waals surface area contributed by atoms with Crippen LogP contribution in [0.5, 0.6) is 5.75 Å². The minimum Gasteiger partial charge on any atom is -0.493 e. The SMILES string of the molecule is CC(C)C1CCCC(O)(c2cccc3c2OCC3)CC1. The fourth-order valence-corrected chi connectivity index (χ4v) is 3.87. The fourth-order valence-electron chi connectivity index (χ4n) is 3.87. The molecule has 1 heterocycles. The summed E-state index contributed by atoms with van der Waals surface area (Å²) in [5, 5.41) is 11.2. The zero-order chi connectivity index (χ0) is 14.2. The van der Waals surface area contributed by atoms with E-state index in [0.717, 1.165) is 61.9 Å². The van der Waals surface area contributed by atoms with Gasteiger partial charge >= 0.3 is 0 Å². The van der Waals surface area contributed by atoms with Gasteiger partial charge in [0.25, 0.3) is 0 Å². The Hall–Kier alpha value is -1.02. The van der Waals surface area contributed by atoms with Crippen LogP contribution in [0.15, 0.2) is 18.2 Å². The monoisotopic (exact) mass is 274 g/mol. The van der Waals surface area contributed by atoms with Gasteiger partial charge in [-0.25, -0.2) is 0 Å². The Labute approximate surface area is 122 Å². The van der Waals surface area contributed by atoms with E-state index in [1.54, 1.807) is 0 Å². The molecular formula is C18H26O2. The third-order valence-corrected chi connectivity index (χ3v) is 5.25. The first-order valence-corrected chi connectivity index (χ1v) is 8.08. The van der Waals surface area contributed by atoms with E-state index in [0.29, 0.717) is 0 Å². The average molecular weight is 274 g/mol. The molecule has 1 aliphatic heterocycles. The number of fused-ring (bicyclic) bond motifs is 1. The van der Waals surface area contributed by atoms with Crippen molar-refractivity contribution in [1.82, 2.24) is 0 Å². The van der Waals surface area contributed by atoms with Gasteiger partial charge in [-0.2, -0.15) is 0 Å². The minimum atomic E-state index is -0.681. The predicted octanol–water partition coefficient (Wildman–Crippen LogP) is 4.05. The summed E-state index contributed by atoms with van der Waals surface area (Å²) < 4.78 is 5.80. The highest BCUT2D eigenvalue weighted by Gasteiger charge is 2.36. The highest BCUT2D eigenvalue weighted by Crippen LogP contribution is 2.45. The Kier molecular flexibility index (Phi) is 3.76. The lowest BCUT2D eigenvalue weighted by Gasteiger charge is -2.29. The molecule has 2 atom stereocenters. The van der Waals surface area contributed by atoms with Gasteiger partial charge in [-0.05, 0) is 43.1 Å². The van der Waals surface area contributed by atoms with Crippen LogP contribution in [0.3, 0.4) is 0 Å². The van der Waals surface area contributed by atoms with Crippen LogP contribution in [-0.4, -0.2) is 11.7 Å². The predicted molar refractivity (Wildman–Crippen MR) is 81.0 cm³/mol. The van der Waals surface area contributed by atoms with Crippen LogP contribution in [0.25, 0.3) is 0 Å². The number of benzene rings is 1. The quantitative estimate of drug-likeness (QED) is 0.825. The molecule has 2 heteroatoms. The first-order chi connectivity index (χ1) is 9.60. The van der Waals surface area contributed by atoms with Crippen LogP contribution < -0.4 is 4.74 Å². The molecule has 1 aliphatic carbocycles. The summed E-state index contributed by atoms with van der Waals surface area (Å²) in [5.74, 6) is 2.44. The van der Waals surface area contributed by atoms with Crippen molar-refractivity contribution in [3.63, 3.8) is 0 Å². The zero-order valence-electron chi connectivity index (χ0n) is 12.7. The van der Waals surface area contributed by atoms with Gasteiger partial charge in [0, 0.05) is 12.0 Å². The fraction of sp³-hybridized carbons (Fsp3) is 0.667. The summed E-state index contributed by atoms with van der Waals surface area (Å²) in [6.07, 6.45) is 6.20. The van der Waals surface area contributed by atoms with Crippen LogP contribution in [-0.2, 0) is 12.0 Å². The average Bonchev–Trinajstić information content (AvgIpc) is 2.81. The molecule has 3 rings (SSSR count). The Morgan fingerprint density at radius 1 is 1.25 bits per heavy atom. The lowest BCUT2D eigenvalue weighted by molar-refractivity contribution is 0.0169. The number of ether oxygens (including phenoxy) is 1. The number of para-hydroxylation sites is 1. The Bertz CT molecular complexity index is 480. The summed E-state index contributed by atoms with van der Waals surface area (Å²) in [5.41, 5.74) is 1.62. The molecular weight excluding hydrogens is 248 g/mol. The van der Waals surface area contributed by atoms with Gasteiger partial charge in [0.15, 0.2) is 0 Å². The van der Waals surface area contributed by atoms with Crippen LogP contribution in [0.4, 0.5) is 0 Å². The molecule has 1 aromatic rings. The van der Waals surface area contributed by atoms with Crippen molar-refractivity contribution in [3.05, 3.63) is 29.3 Å². The van der Waals surface area contributed by atoms with Crippen molar-refractivity contribution in [2.24, 2.45) is 11.8 Å². The molecule has 20 heavy (non-hydrogen) atoms. The lowest BCUT2D eigenvalue weighted by atomic mass is 9.83. The van der Waals surface area contributed by atoms with Gasteiger partial charge in [0.2, 0.25) is 0 Å². The van der Waals surface area contributed by atoms with Gasteiger partial charge in [-0.1, -0.05) is 38.5 Å². The molecule has 0 bridgehead atoms. The Balaban J connectivity index is 1.87. The summed E-state index contributed by atoms with van der Waals surface area (Å²) in [4.78, 5) is 0. The van der Waals surface area contributed by atoms with E-state index in [1.165, 1.54) is 12.0 Å². The molecule has 2 unspecified atom stereocenters. The van der Waals surface area contributed by atoms with E-state index >= 15 is 0 Å². The first-order valence-electron chi connectivity index (χ1n) is 8.08. The molecule has 0 amide bonds. The third-order valence-electron chi connectivity index (χ3n) is 5.25. The van der Waals surface area contributed by atoms with Crippen LogP contribution in [0.1, 0.15) is 57.1 Å². The minimum absolute atomic E-state index is 0.681. The highest BCUT2D eigenvalue weighted by molar-refractivity contribution is 5.47. The second-order valence-electron chi connectivity index (χ2n) is 6.86. The summed E-state index contributed by atoms with van der Waals surface area (Å²) in [6, 6.07) is 6.27. The normalized spacial score (nSPS) is 29.9. The largest absolute Gasteiger partial charge is 0.493 e. The third kappa shape index (κ3) is 2.46. The van der Waals surface area contributed by atoms with E-state index in [4.69, 9.17) is 4.74 Å². The van der Waals surface area contributed by atoms with Crippen molar-refractivity contribution in [2.45, 2.75) is 58.0 Å². The summed E-state index contributed by atoms with van der Waals surface area (Å²) in [6.45, 7) is 5.37. The van der Waals surface area contributed by atoms with Crippen molar-refractivity contribution in [1.29, 1.82) is 0 Å². The van der Waals surface area contributed by atoms with Crippen LogP contribution in [0.2, 0.25) is 0 Å². The van der Waals surface area contributed by atoms with Gasteiger partial charge in [0.1, 0.15) is 5.75 Å². The standard InChI is InChI=1S/C18H26O2/c1-13(2)14-6-4-10-18(19,11-8-14)16-7-3-5-15-9-12-20-17(15)16/h3,5,7,13-14,19H,4,6,8-12H2,1-2H3. The first kappa shape index (κ1) is 13.9. The van der Waals surface area contributed by atoms with E-state index < -0.39 is 5.60 Å². The van der Waals surface area contributed by atoms with Crippen LogP contribution >= 0.6 is 0 Å². The van der Waals surface area contributed by atoms with Gasteiger partial charge in [-0.3, -0.25) is 0 Å². The number of hydrogen-bond acceptors (Lipinski definition) is 2. The maximum Gasteiger partial charge on any atom is 0.128 e. The molecule has 1 fully saturated rings. The molecule has 1 aromatic carbocycles. The van der Waals surface area contributed by atoms with Crippen molar-refractivity contribution in [2.75, 3.05) is 6.61 Å².